The summed E-state index contributed by atoms with van der Waals surface area (Å²) in [6.45, 7) is 0.124. The number of ketones is 1. The average molecular weight is 313 g/mol. The molecule has 0 spiro atoms. The van der Waals surface area contributed by atoms with Gasteiger partial charge in [-0.15, -0.1) is 0 Å². The molecule has 4 rings (SSSR count). The highest BCUT2D eigenvalue weighted by atomic mass is 19.1. The number of hydrogen-bond donors (Lipinski definition) is 1. The van der Waals surface area contributed by atoms with Crippen LogP contribution >= 0.6 is 0 Å². The number of amides is 1. The SMILES string of the molecule is O=C(N[C@H]1CC(=O)c2cc3c(cc21)OCO3)c1ccc(F)cc1. The van der Waals surface area contributed by atoms with E-state index in [0.717, 1.165) is 5.56 Å². The molecule has 2 aliphatic rings. The van der Waals surface area contributed by atoms with E-state index in [2.05, 4.69) is 5.32 Å². The molecule has 0 bridgehead atoms. The van der Waals surface area contributed by atoms with Crippen molar-refractivity contribution >= 4 is 11.7 Å². The summed E-state index contributed by atoms with van der Waals surface area (Å²) in [6, 6.07) is 8.22. The maximum atomic E-state index is 12.9. The Morgan fingerprint density at radius 1 is 1.13 bits per heavy atom. The van der Waals surface area contributed by atoms with Crippen LogP contribution in [-0.2, 0) is 0 Å². The molecule has 2 aromatic rings. The third kappa shape index (κ3) is 2.32. The Morgan fingerprint density at radius 3 is 2.57 bits per heavy atom. The first-order valence-corrected chi connectivity index (χ1v) is 7.15. The lowest BCUT2D eigenvalue weighted by Gasteiger charge is -2.14. The van der Waals surface area contributed by atoms with Crippen molar-refractivity contribution < 1.29 is 23.5 Å². The van der Waals surface area contributed by atoms with Crippen molar-refractivity contribution in [1.29, 1.82) is 0 Å². The van der Waals surface area contributed by atoms with Gasteiger partial charge in [0.2, 0.25) is 6.79 Å². The molecule has 0 radical (unpaired) electrons. The van der Waals surface area contributed by atoms with Gasteiger partial charge >= 0.3 is 0 Å². The van der Waals surface area contributed by atoms with Crippen molar-refractivity contribution in [2.45, 2.75) is 12.5 Å². The lowest BCUT2D eigenvalue weighted by atomic mass is 10.1. The molecule has 1 atom stereocenters. The van der Waals surface area contributed by atoms with Crippen molar-refractivity contribution in [1.82, 2.24) is 5.32 Å². The molecule has 6 heteroatoms. The molecule has 0 unspecified atom stereocenters. The van der Waals surface area contributed by atoms with E-state index < -0.39 is 11.9 Å². The van der Waals surface area contributed by atoms with Gasteiger partial charge in [0.1, 0.15) is 5.82 Å². The maximum Gasteiger partial charge on any atom is 0.251 e. The molecule has 0 saturated carbocycles. The van der Waals surface area contributed by atoms with E-state index in [-0.39, 0.29) is 24.9 Å². The number of carbonyl (C=O) groups is 2. The van der Waals surface area contributed by atoms with Crippen molar-refractivity contribution in [2.75, 3.05) is 6.79 Å². The third-order valence-corrected chi connectivity index (χ3v) is 4.02. The van der Waals surface area contributed by atoms with Crippen LogP contribution in [0.1, 0.15) is 38.7 Å². The Balaban J connectivity index is 1.61. The van der Waals surface area contributed by atoms with Crippen LogP contribution in [0.4, 0.5) is 4.39 Å². The summed E-state index contributed by atoms with van der Waals surface area (Å²) < 4.78 is 23.5. The Hall–Kier alpha value is -2.89. The maximum absolute atomic E-state index is 12.9. The number of fused-ring (bicyclic) bond motifs is 2. The number of nitrogens with one attached hydrogen (secondary N) is 1. The summed E-state index contributed by atoms with van der Waals surface area (Å²) in [5.41, 5.74) is 1.60. The second-order valence-corrected chi connectivity index (χ2v) is 5.45. The highest BCUT2D eigenvalue weighted by molar-refractivity contribution is 6.03. The first kappa shape index (κ1) is 13.8. The predicted octanol–water partition coefficient (Wildman–Crippen LogP) is 2.61. The molecule has 23 heavy (non-hydrogen) atoms. The summed E-state index contributed by atoms with van der Waals surface area (Å²) in [5.74, 6) is 0.300. The monoisotopic (exact) mass is 313 g/mol. The number of hydrogen-bond acceptors (Lipinski definition) is 4. The van der Waals surface area contributed by atoms with Crippen LogP contribution in [0.15, 0.2) is 36.4 Å². The van der Waals surface area contributed by atoms with Crippen molar-refractivity contribution in [3.05, 3.63) is 58.9 Å². The first-order chi connectivity index (χ1) is 11.1. The molecule has 0 fully saturated rings. The zero-order valence-corrected chi connectivity index (χ0v) is 12.0. The second kappa shape index (κ2) is 5.08. The van der Waals surface area contributed by atoms with E-state index in [0.29, 0.717) is 22.6 Å². The fourth-order valence-electron chi connectivity index (χ4n) is 2.86. The van der Waals surface area contributed by atoms with Gasteiger partial charge in [-0.1, -0.05) is 0 Å². The molecule has 1 aliphatic heterocycles. The molecular weight excluding hydrogens is 301 g/mol. The molecule has 1 aliphatic carbocycles. The number of Topliss-reactive ketones (excluding diaryl/α,β-unsaturated/α-hetero) is 1. The Labute approximate surface area is 131 Å². The van der Waals surface area contributed by atoms with Gasteiger partial charge in [-0.3, -0.25) is 9.59 Å². The smallest absolute Gasteiger partial charge is 0.251 e. The van der Waals surface area contributed by atoms with Crippen LogP contribution in [-0.4, -0.2) is 18.5 Å². The van der Waals surface area contributed by atoms with E-state index >= 15 is 0 Å². The predicted molar refractivity (Wildman–Crippen MR) is 78.1 cm³/mol. The number of benzene rings is 2. The van der Waals surface area contributed by atoms with Crippen molar-refractivity contribution in [3.63, 3.8) is 0 Å². The van der Waals surface area contributed by atoms with E-state index in [9.17, 15) is 14.0 Å². The van der Waals surface area contributed by atoms with Crippen LogP contribution in [0.5, 0.6) is 11.5 Å². The van der Waals surface area contributed by atoms with Gasteiger partial charge in [-0.05, 0) is 42.0 Å². The molecule has 0 aromatic heterocycles. The van der Waals surface area contributed by atoms with Crippen LogP contribution in [0.3, 0.4) is 0 Å². The third-order valence-electron chi connectivity index (χ3n) is 4.02. The van der Waals surface area contributed by atoms with E-state index in [1.54, 1.807) is 12.1 Å². The molecule has 116 valence electrons. The minimum Gasteiger partial charge on any atom is -0.454 e. The molecule has 5 nitrogen and oxygen atoms in total. The fourth-order valence-corrected chi connectivity index (χ4v) is 2.86. The average Bonchev–Trinajstić information content (AvgIpc) is 3.11. The largest absolute Gasteiger partial charge is 0.454 e. The second-order valence-electron chi connectivity index (χ2n) is 5.45. The number of ether oxygens (including phenoxy) is 2. The number of carbonyl (C=O) groups excluding carboxylic acids is 2. The zero-order chi connectivity index (χ0) is 16.0. The Kier molecular flexibility index (Phi) is 3.04. The first-order valence-electron chi connectivity index (χ1n) is 7.15. The van der Waals surface area contributed by atoms with E-state index in [1.165, 1.54) is 24.3 Å². The van der Waals surface area contributed by atoms with E-state index in [1.807, 2.05) is 0 Å². The van der Waals surface area contributed by atoms with Crippen molar-refractivity contribution in [3.8, 4) is 11.5 Å². The number of rotatable bonds is 2. The Morgan fingerprint density at radius 2 is 1.83 bits per heavy atom. The summed E-state index contributed by atoms with van der Waals surface area (Å²) in [7, 11) is 0. The van der Waals surface area contributed by atoms with Gasteiger partial charge in [0, 0.05) is 17.5 Å². The van der Waals surface area contributed by atoms with Gasteiger partial charge < -0.3 is 14.8 Å². The lowest BCUT2D eigenvalue weighted by molar-refractivity contribution is 0.0925. The summed E-state index contributed by atoms with van der Waals surface area (Å²) in [6.07, 6.45) is 0.186. The molecule has 1 N–H and O–H groups in total. The van der Waals surface area contributed by atoms with Crippen LogP contribution < -0.4 is 14.8 Å². The van der Waals surface area contributed by atoms with Gasteiger partial charge in [-0.2, -0.15) is 0 Å². The van der Waals surface area contributed by atoms with Gasteiger partial charge in [-0.25, -0.2) is 4.39 Å². The van der Waals surface area contributed by atoms with Crippen molar-refractivity contribution in [2.24, 2.45) is 0 Å². The topological polar surface area (TPSA) is 64.6 Å². The van der Waals surface area contributed by atoms with Crippen LogP contribution in [0.25, 0.3) is 0 Å². The van der Waals surface area contributed by atoms with Gasteiger partial charge in [0.05, 0.1) is 6.04 Å². The quantitative estimate of drug-likeness (QED) is 0.925. The standard InChI is InChI=1S/C17H12FNO4/c18-10-3-1-9(2-4-10)17(21)19-13-7-14(20)12-6-16-15(5-11(12)13)22-8-23-16/h1-6,13H,7-8H2,(H,19,21)/t13-/m0/s1. The molecule has 1 amide bonds. The van der Waals surface area contributed by atoms with Crippen LogP contribution in [0.2, 0.25) is 0 Å². The molecule has 2 aromatic carbocycles. The normalized spacial score (nSPS) is 18.0. The van der Waals surface area contributed by atoms with E-state index in [4.69, 9.17) is 9.47 Å². The lowest BCUT2D eigenvalue weighted by Crippen LogP contribution is -2.27. The summed E-state index contributed by atoms with van der Waals surface area (Å²) in [4.78, 5) is 24.4. The molecule has 0 saturated heterocycles. The molecular formula is C17H12FNO4. The van der Waals surface area contributed by atoms with Gasteiger partial charge in [0.25, 0.3) is 5.91 Å². The zero-order valence-electron chi connectivity index (χ0n) is 12.0. The van der Waals surface area contributed by atoms with Gasteiger partial charge in [0.15, 0.2) is 17.3 Å². The molecule has 1 heterocycles. The summed E-state index contributed by atoms with van der Waals surface area (Å²) >= 11 is 0. The highest BCUT2D eigenvalue weighted by Gasteiger charge is 2.33. The minimum absolute atomic E-state index is 0.0530. The summed E-state index contributed by atoms with van der Waals surface area (Å²) in [5, 5.41) is 2.81. The fraction of sp³-hybridized carbons (Fsp3) is 0.176. The number of halogens is 1. The van der Waals surface area contributed by atoms with Crippen LogP contribution in [0, 0.1) is 5.82 Å². The highest BCUT2D eigenvalue weighted by Crippen LogP contribution is 2.41. The minimum atomic E-state index is -0.426. The Bertz CT molecular complexity index is 816.